The molecule has 0 aliphatic heterocycles. The molecule has 0 heterocycles. The third-order valence-electron chi connectivity index (χ3n) is 1.65. The number of halogens is 1. The zero-order valence-corrected chi connectivity index (χ0v) is 11.5. The van der Waals surface area contributed by atoms with Gasteiger partial charge < -0.3 is 9.57 Å². The normalized spacial score (nSPS) is 15.1. The Kier molecular flexibility index (Phi) is 5.96. The quantitative estimate of drug-likeness (QED) is 0.368. The zero-order valence-electron chi connectivity index (χ0n) is 9.95. The van der Waals surface area contributed by atoms with E-state index in [1.807, 2.05) is 6.92 Å². The average molecular weight is 296 g/mol. The summed E-state index contributed by atoms with van der Waals surface area (Å²) in [6, 6.07) is 0. The van der Waals surface area contributed by atoms with Crippen molar-refractivity contribution >= 4 is 27.9 Å². The molecular weight excluding hydrogens is 278 g/mol. The molecule has 94 valence electrons. The van der Waals surface area contributed by atoms with Gasteiger partial charge in [-0.3, -0.25) is 4.79 Å². The minimum Gasteiger partial charge on any atom is -0.459 e. The zero-order chi connectivity index (χ0) is 12.9. The molecule has 0 aromatic carbocycles. The van der Waals surface area contributed by atoms with E-state index in [0.717, 1.165) is 0 Å². The van der Waals surface area contributed by atoms with Crippen molar-refractivity contribution < 1.29 is 19.2 Å². The Morgan fingerprint density at radius 1 is 1.31 bits per heavy atom. The van der Waals surface area contributed by atoms with Gasteiger partial charge in [0.2, 0.25) is 0 Å². The van der Waals surface area contributed by atoms with Gasteiger partial charge in [-0.1, -0.05) is 22.9 Å². The lowest BCUT2D eigenvalue weighted by Gasteiger charge is -2.23. The van der Waals surface area contributed by atoms with Crippen LogP contribution in [-0.2, 0) is 19.2 Å². The number of ether oxygens (including phenoxy) is 1. The maximum absolute atomic E-state index is 11.7. The van der Waals surface area contributed by atoms with Gasteiger partial charge in [0, 0.05) is 4.83 Å². The Hall–Kier alpha value is -0.620. The lowest BCUT2D eigenvalue weighted by molar-refractivity contribution is -0.169. The summed E-state index contributed by atoms with van der Waals surface area (Å²) in [5.74, 6) is 2.40. The summed E-state index contributed by atoms with van der Waals surface area (Å²) in [6.07, 6.45) is 0.283. The first-order chi connectivity index (χ1) is 7.17. The molecule has 2 N–H and O–H groups in total. The minimum atomic E-state index is -0.987. The number of alkyl halides is 1. The molecule has 0 aromatic heterocycles. The van der Waals surface area contributed by atoms with E-state index in [-0.39, 0.29) is 11.2 Å². The highest BCUT2D eigenvalue weighted by Crippen LogP contribution is 2.19. The van der Waals surface area contributed by atoms with Gasteiger partial charge in [-0.2, -0.15) is 5.90 Å². The van der Waals surface area contributed by atoms with E-state index in [2.05, 4.69) is 20.8 Å². The topological polar surface area (TPSA) is 78.6 Å². The number of rotatable bonds is 4. The summed E-state index contributed by atoms with van der Waals surface area (Å²) in [4.78, 5) is 27.1. The molecule has 0 bridgehead atoms. The molecule has 0 saturated heterocycles. The van der Waals surface area contributed by atoms with Crippen LogP contribution in [0.2, 0.25) is 0 Å². The lowest BCUT2D eigenvalue weighted by Crippen LogP contribution is -2.35. The van der Waals surface area contributed by atoms with Crippen molar-refractivity contribution in [3.05, 3.63) is 0 Å². The van der Waals surface area contributed by atoms with Crippen molar-refractivity contribution in [2.24, 2.45) is 11.8 Å². The van der Waals surface area contributed by atoms with Crippen LogP contribution in [0.1, 0.15) is 34.1 Å². The predicted octanol–water partition coefficient (Wildman–Crippen LogP) is 1.53. The molecule has 0 spiro atoms. The molecule has 0 rings (SSSR count). The number of carbonyl (C=O) groups excluding carboxylic acids is 2. The summed E-state index contributed by atoms with van der Waals surface area (Å²) >= 11 is 3.26. The van der Waals surface area contributed by atoms with Gasteiger partial charge in [-0.05, 0) is 27.2 Å². The smallest absolute Gasteiger partial charge is 0.338 e. The molecule has 2 unspecified atom stereocenters. The Balaban J connectivity index is 4.63. The fourth-order valence-electron chi connectivity index (χ4n) is 1.07. The largest absolute Gasteiger partial charge is 0.459 e. The third kappa shape index (κ3) is 6.07. The van der Waals surface area contributed by atoms with Crippen molar-refractivity contribution in [3.8, 4) is 0 Å². The molecule has 6 heteroatoms. The van der Waals surface area contributed by atoms with E-state index in [1.165, 1.54) is 0 Å². The van der Waals surface area contributed by atoms with Gasteiger partial charge in [0.25, 0.3) is 0 Å². The summed E-state index contributed by atoms with van der Waals surface area (Å²) in [5.41, 5.74) is -0.639. The van der Waals surface area contributed by atoms with Crippen molar-refractivity contribution in [2.45, 2.75) is 44.5 Å². The Labute approximate surface area is 104 Å². The Bertz CT molecular complexity index is 260. The molecule has 0 amide bonds. The van der Waals surface area contributed by atoms with Crippen LogP contribution in [0.25, 0.3) is 0 Å². The SMILES string of the molecule is CC(Br)CC(C(=O)ON)C(=O)OC(C)(C)C. The first-order valence-corrected chi connectivity index (χ1v) is 5.86. The number of nitrogens with two attached hydrogens (primary N) is 1. The summed E-state index contributed by atoms with van der Waals surface area (Å²) in [5, 5.41) is 0. The molecule has 0 fully saturated rings. The summed E-state index contributed by atoms with van der Waals surface area (Å²) < 4.78 is 5.11. The van der Waals surface area contributed by atoms with Crippen molar-refractivity contribution in [1.82, 2.24) is 0 Å². The minimum absolute atomic E-state index is 0.0101. The lowest BCUT2D eigenvalue weighted by atomic mass is 10.0. The second-order valence-electron chi connectivity index (χ2n) is 4.54. The van der Waals surface area contributed by atoms with Crippen molar-refractivity contribution in [2.75, 3.05) is 0 Å². The molecule has 5 nitrogen and oxygen atoms in total. The highest BCUT2D eigenvalue weighted by molar-refractivity contribution is 9.09. The van der Waals surface area contributed by atoms with Gasteiger partial charge in [0.05, 0.1) is 0 Å². The first-order valence-electron chi connectivity index (χ1n) is 4.95. The third-order valence-corrected chi connectivity index (χ3v) is 2.03. The molecule has 0 aliphatic rings. The molecule has 0 saturated carbocycles. The van der Waals surface area contributed by atoms with Gasteiger partial charge >= 0.3 is 11.9 Å². The van der Waals surface area contributed by atoms with Crippen LogP contribution >= 0.6 is 15.9 Å². The average Bonchev–Trinajstić information content (AvgIpc) is 2.09. The Morgan fingerprint density at radius 2 is 1.81 bits per heavy atom. The Morgan fingerprint density at radius 3 is 2.12 bits per heavy atom. The van der Waals surface area contributed by atoms with Crippen LogP contribution in [0.4, 0.5) is 0 Å². The standard InChI is InChI=1S/C10H18BrNO4/c1-6(11)5-7(9(14)16-12)8(13)15-10(2,3)4/h6-7H,5,12H2,1-4H3. The van der Waals surface area contributed by atoms with Crippen LogP contribution in [0.3, 0.4) is 0 Å². The predicted molar refractivity (Wildman–Crippen MR) is 62.6 cm³/mol. The number of esters is 1. The second kappa shape index (κ2) is 6.20. The van der Waals surface area contributed by atoms with Crippen LogP contribution in [0, 0.1) is 5.92 Å². The number of carbonyl (C=O) groups is 2. The molecule has 16 heavy (non-hydrogen) atoms. The van der Waals surface area contributed by atoms with E-state index < -0.39 is 23.5 Å². The van der Waals surface area contributed by atoms with E-state index >= 15 is 0 Å². The highest BCUT2D eigenvalue weighted by Gasteiger charge is 2.33. The summed E-state index contributed by atoms with van der Waals surface area (Å²) in [7, 11) is 0. The molecule has 0 radical (unpaired) electrons. The van der Waals surface area contributed by atoms with Gasteiger partial charge in [-0.25, -0.2) is 4.79 Å². The van der Waals surface area contributed by atoms with Gasteiger partial charge in [-0.15, -0.1) is 0 Å². The fraction of sp³-hybridized carbons (Fsp3) is 0.800. The molecular formula is C10H18BrNO4. The maximum Gasteiger partial charge on any atom is 0.338 e. The molecule has 0 aliphatic carbocycles. The van der Waals surface area contributed by atoms with Gasteiger partial charge in [0.1, 0.15) is 5.60 Å². The summed E-state index contributed by atoms with van der Waals surface area (Å²) in [6.45, 7) is 7.01. The van der Waals surface area contributed by atoms with E-state index in [9.17, 15) is 9.59 Å². The maximum atomic E-state index is 11.7. The van der Waals surface area contributed by atoms with Crippen LogP contribution in [0.5, 0.6) is 0 Å². The number of hydrogen-bond donors (Lipinski definition) is 1. The van der Waals surface area contributed by atoms with Crippen LogP contribution in [0.15, 0.2) is 0 Å². The van der Waals surface area contributed by atoms with E-state index in [4.69, 9.17) is 10.6 Å². The van der Waals surface area contributed by atoms with Crippen molar-refractivity contribution in [3.63, 3.8) is 0 Å². The monoisotopic (exact) mass is 295 g/mol. The number of hydrogen-bond acceptors (Lipinski definition) is 5. The molecule has 2 atom stereocenters. The van der Waals surface area contributed by atoms with Crippen molar-refractivity contribution in [1.29, 1.82) is 0 Å². The molecule has 0 aromatic rings. The van der Waals surface area contributed by atoms with E-state index in [0.29, 0.717) is 0 Å². The van der Waals surface area contributed by atoms with E-state index in [1.54, 1.807) is 20.8 Å². The highest BCUT2D eigenvalue weighted by atomic mass is 79.9. The van der Waals surface area contributed by atoms with Crippen LogP contribution in [-0.4, -0.2) is 22.4 Å². The van der Waals surface area contributed by atoms with Gasteiger partial charge in [0.15, 0.2) is 5.92 Å². The second-order valence-corrected chi connectivity index (χ2v) is 6.10. The first kappa shape index (κ1) is 15.4. The van der Waals surface area contributed by atoms with Crippen LogP contribution < -0.4 is 5.90 Å². The fourth-order valence-corrected chi connectivity index (χ4v) is 1.44.